The standard InChI is InChI=1S/C15H17ClN2O2/c1-15(2,3)17-14(20)9-18-7-6-13(19)11-5-4-10(16)8-12(11)18/h4-8H,9H2,1-3H3,(H,17,20). The third-order valence-corrected chi connectivity index (χ3v) is 3.00. The van der Waals surface area contributed by atoms with Gasteiger partial charge in [0.1, 0.15) is 6.54 Å². The Balaban J connectivity index is 2.40. The molecule has 0 aliphatic carbocycles. The van der Waals surface area contributed by atoms with Crippen molar-refractivity contribution in [2.45, 2.75) is 32.9 Å². The van der Waals surface area contributed by atoms with Crippen LogP contribution in [0.15, 0.2) is 35.3 Å². The smallest absolute Gasteiger partial charge is 0.240 e. The van der Waals surface area contributed by atoms with Crippen LogP contribution in [-0.2, 0) is 11.3 Å². The van der Waals surface area contributed by atoms with Gasteiger partial charge < -0.3 is 9.88 Å². The molecular formula is C15H17ClN2O2. The summed E-state index contributed by atoms with van der Waals surface area (Å²) in [6.07, 6.45) is 1.61. The summed E-state index contributed by atoms with van der Waals surface area (Å²) < 4.78 is 1.73. The molecule has 0 saturated heterocycles. The molecule has 0 aliphatic heterocycles. The second-order valence-electron chi connectivity index (χ2n) is 5.77. The van der Waals surface area contributed by atoms with E-state index < -0.39 is 0 Å². The van der Waals surface area contributed by atoms with Crippen molar-refractivity contribution < 1.29 is 4.79 Å². The Morgan fingerprint density at radius 3 is 2.65 bits per heavy atom. The van der Waals surface area contributed by atoms with Crippen LogP contribution in [0, 0.1) is 0 Å². The molecule has 1 aromatic heterocycles. The van der Waals surface area contributed by atoms with Crippen LogP contribution < -0.4 is 10.7 Å². The maximum atomic E-state index is 12.0. The fourth-order valence-electron chi connectivity index (χ4n) is 2.03. The monoisotopic (exact) mass is 292 g/mol. The van der Waals surface area contributed by atoms with Gasteiger partial charge in [0.25, 0.3) is 0 Å². The summed E-state index contributed by atoms with van der Waals surface area (Å²) in [6.45, 7) is 5.91. The number of carbonyl (C=O) groups is 1. The number of aromatic nitrogens is 1. The minimum Gasteiger partial charge on any atom is -0.350 e. The van der Waals surface area contributed by atoms with Gasteiger partial charge in [0.2, 0.25) is 5.91 Å². The first kappa shape index (κ1) is 14.6. The number of halogens is 1. The molecule has 5 heteroatoms. The minimum atomic E-state index is -0.288. The topological polar surface area (TPSA) is 51.1 Å². The molecule has 0 radical (unpaired) electrons. The van der Waals surface area contributed by atoms with E-state index in [0.717, 1.165) is 0 Å². The fourth-order valence-corrected chi connectivity index (χ4v) is 2.20. The van der Waals surface area contributed by atoms with Gasteiger partial charge in [0, 0.05) is 28.2 Å². The minimum absolute atomic E-state index is 0.0795. The summed E-state index contributed by atoms with van der Waals surface area (Å²) >= 11 is 5.97. The van der Waals surface area contributed by atoms with Gasteiger partial charge in [-0.25, -0.2) is 0 Å². The van der Waals surface area contributed by atoms with E-state index in [1.807, 2.05) is 20.8 Å². The molecule has 20 heavy (non-hydrogen) atoms. The van der Waals surface area contributed by atoms with E-state index in [4.69, 9.17) is 11.6 Å². The van der Waals surface area contributed by atoms with Crippen molar-refractivity contribution in [2.75, 3.05) is 0 Å². The van der Waals surface area contributed by atoms with Gasteiger partial charge in [-0.15, -0.1) is 0 Å². The van der Waals surface area contributed by atoms with Gasteiger partial charge in [-0.2, -0.15) is 0 Å². The number of hydrogen-bond donors (Lipinski definition) is 1. The average molecular weight is 293 g/mol. The fraction of sp³-hybridized carbons (Fsp3) is 0.333. The normalized spacial score (nSPS) is 11.6. The first-order valence-corrected chi connectivity index (χ1v) is 6.74. The quantitative estimate of drug-likeness (QED) is 0.925. The zero-order valence-corrected chi connectivity index (χ0v) is 12.5. The van der Waals surface area contributed by atoms with Crippen molar-refractivity contribution in [2.24, 2.45) is 0 Å². The number of pyridine rings is 1. The van der Waals surface area contributed by atoms with Crippen LogP contribution in [0.3, 0.4) is 0 Å². The van der Waals surface area contributed by atoms with Crippen LogP contribution in [0.5, 0.6) is 0 Å². The number of carbonyl (C=O) groups excluding carboxylic acids is 1. The van der Waals surface area contributed by atoms with Gasteiger partial charge in [0.15, 0.2) is 5.43 Å². The maximum absolute atomic E-state index is 12.0. The number of benzene rings is 1. The zero-order valence-electron chi connectivity index (χ0n) is 11.7. The predicted molar refractivity (Wildman–Crippen MR) is 81.1 cm³/mol. The lowest BCUT2D eigenvalue weighted by molar-refractivity contribution is -0.123. The van der Waals surface area contributed by atoms with E-state index in [0.29, 0.717) is 15.9 Å². The molecule has 0 saturated carbocycles. The first-order chi connectivity index (χ1) is 9.26. The second-order valence-corrected chi connectivity index (χ2v) is 6.20. The largest absolute Gasteiger partial charge is 0.350 e. The molecule has 1 heterocycles. The molecule has 1 N–H and O–H groups in total. The molecule has 0 aliphatic rings. The van der Waals surface area contributed by atoms with Crippen molar-refractivity contribution in [1.82, 2.24) is 9.88 Å². The summed E-state index contributed by atoms with van der Waals surface area (Å²) in [5.41, 5.74) is 0.294. The van der Waals surface area contributed by atoms with Crippen molar-refractivity contribution in [1.29, 1.82) is 0 Å². The number of nitrogens with one attached hydrogen (secondary N) is 1. The highest BCUT2D eigenvalue weighted by Crippen LogP contribution is 2.16. The third-order valence-electron chi connectivity index (χ3n) is 2.77. The second kappa shape index (κ2) is 5.29. The van der Waals surface area contributed by atoms with E-state index >= 15 is 0 Å². The van der Waals surface area contributed by atoms with E-state index in [1.54, 1.807) is 29.0 Å². The summed E-state index contributed by atoms with van der Waals surface area (Å²) in [7, 11) is 0. The predicted octanol–water partition coefficient (Wildman–Crippen LogP) is 2.57. The van der Waals surface area contributed by atoms with Gasteiger partial charge in [-0.05, 0) is 39.0 Å². The third kappa shape index (κ3) is 3.39. The Kier molecular flexibility index (Phi) is 3.86. The molecule has 2 rings (SSSR count). The van der Waals surface area contributed by atoms with Crippen LogP contribution in [0.4, 0.5) is 0 Å². The van der Waals surface area contributed by atoms with Crippen LogP contribution in [0.2, 0.25) is 5.02 Å². The van der Waals surface area contributed by atoms with Crippen molar-refractivity contribution in [3.8, 4) is 0 Å². The van der Waals surface area contributed by atoms with Crippen LogP contribution in [-0.4, -0.2) is 16.0 Å². The summed E-state index contributed by atoms with van der Waals surface area (Å²) in [4.78, 5) is 23.8. The lowest BCUT2D eigenvalue weighted by Crippen LogP contribution is -2.42. The lowest BCUT2D eigenvalue weighted by atomic mass is 10.1. The van der Waals surface area contributed by atoms with Crippen LogP contribution >= 0.6 is 11.6 Å². The summed E-state index contributed by atoms with van der Waals surface area (Å²) in [5.74, 6) is -0.109. The molecule has 0 fully saturated rings. The first-order valence-electron chi connectivity index (χ1n) is 6.36. The van der Waals surface area contributed by atoms with Crippen molar-refractivity contribution in [3.05, 3.63) is 45.7 Å². The van der Waals surface area contributed by atoms with Gasteiger partial charge >= 0.3 is 0 Å². The Morgan fingerprint density at radius 1 is 1.30 bits per heavy atom. The Bertz CT molecular complexity index is 714. The number of hydrogen-bond acceptors (Lipinski definition) is 2. The SMILES string of the molecule is CC(C)(C)NC(=O)Cn1ccc(=O)c2ccc(Cl)cc21. The summed E-state index contributed by atoms with van der Waals surface area (Å²) in [6, 6.07) is 6.51. The van der Waals surface area contributed by atoms with E-state index in [2.05, 4.69) is 5.32 Å². The van der Waals surface area contributed by atoms with Crippen LogP contribution in [0.25, 0.3) is 10.9 Å². The number of rotatable bonds is 2. The van der Waals surface area contributed by atoms with E-state index in [1.165, 1.54) is 6.07 Å². The molecule has 0 unspecified atom stereocenters. The highest BCUT2D eigenvalue weighted by atomic mass is 35.5. The Labute approximate surface area is 122 Å². The summed E-state index contributed by atoms with van der Waals surface area (Å²) in [5, 5.41) is 3.98. The lowest BCUT2D eigenvalue weighted by Gasteiger charge is -2.21. The van der Waals surface area contributed by atoms with E-state index in [-0.39, 0.29) is 23.4 Å². The number of nitrogens with zero attached hydrogens (tertiary/aromatic N) is 1. The van der Waals surface area contributed by atoms with Crippen LogP contribution in [0.1, 0.15) is 20.8 Å². The molecular weight excluding hydrogens is 276 g/mol. The molecule has 0 atom stereocenters. The molecule has 1 aromatic carbocycles. The Morgan fingerprint density at radius 2 is 2.00 bits per heavy atom. The maximum Gasteiger partial charge on any atom is 0.240 e. The van der Waals surface area contributed by atoms with Crippen molar-refractivity contribution >= 4 is 28.4 Å². The molecule has 0 bridgehead atoms. The van der Waals surface area contributed by atoms with Gasteiger partial charge in [-0.1, -0.05) is 11.6 Å². The number of amides is 1. The molecule has 2 aromatic rings. The highest BCUT2D eigenvalue weighted by Gasteiger charge is 2.14. The zero-order chi connectivity index (χ0) is 14.9. The molecule has 1 amide bonds. The molecule has 0 spiro atoms. The van der Waals surface area contributed by atoms with Gasteiger partial charge in [0.05, 0.1) is 5.52 Å². The highest BCUT2D eigenvalue weighted by molar-refractivity contribution is 6.31. The van der Waals surface area contributed by atoms with Crippen molar-refractivity contribution in [3.63, 3.8) is 0 Å². The molecule has 4 nitrogen and oxygen atoms in total. The van der Waals surface area contributed by atoms with Gasteiger partial charge in [-0.3, -0.25) is 9.59 Å². The number of fused-ring (bicyclic) bond motifs is 1. The Hall–Kier alpha value is -1.81. The average Bonchev–Trinajstić information content (AvgIpc) is 2.30. The molecule has 106 valence electrons. The van der Waals surface area contributed by atoms with E-state index in [9.17, 15) is 9.59 Å².